The molecule has 0 atom stereocenters. The number of hydrogen-bond donors (Lipinski definition) is 0. The summed E-state index contributed by atoms with van der Waals surface area (Å²) in [6.07, 6.45) is 4.42. The molecule has 0 aliphatic rings. The van der Waals surface area contributed by atoms with Gasteiger partial charge in [-0.2, -0.15) is 0 Å². The molecule has 0 saturated carbocycles. The fourth-order valence-electron chi connectivity index (χ4n) is 3.85. The van der Waals surface area contributed by atoms with Crippen LogP contribution in [0.25, 0.3) is 38.0 Å². The van der Waals surface area contributed by atoms with Crippen molar-refractivity contribution < 1.29 is 9.47 Å². The molecule has 1 aromatic heterocycles. The molecule has 0 aliphatic carbocycles. The van der Waals surface area contributed by atoms with Gasteiger partial charge in [-0.1, -0.05) is 18.2 Å². The minimum Gasteiger partial charge on any atom is -0.497 e. The topological polar surface area (TPSA) is 23.4 Å². The average Bonchev–Trinajstić information content (AvgIpc) is 3.19. The van der Waals surface area contributed by atoms with Crippen molar-refractivity contribution in [3.63, 3.8) is 0 Å². The Morgan fingerprint density at radius 2 is 1.07 bits per heavy atom. The van der Waals surface area contributed by atoms with Gasteiger partial charge in [-0.15, -0.1) is 0 Å². The van der Waals surface area contributed by atoms with E-state index in [-0.39, 0.29) is 0 Å². The third-order valence-electron chi connectivity index (χ3n) is 5.20. The first-order valence-electron chi connectivity index (χ1n) is 8.93. The summed E-state index contributed by atoms with van der Waals surface area (Å²) in [5, 5.41) is 7.22. The van der Waals surface area contributed by atoms with Crippen molar-refractivity contribution in [3.8, 4) is 17.2 Å². The number of ether oxygens (including phenoxy) is 2. The SMILES string of the molecule is COc1ccc2c(c1)c1cc(OC)ccc1c1cn(-c3ccccc3)cc21. The van der Waals surface area contributed by atoms with Crippen LogP contribution in [0.5, 0.6) is 11.5 Å². The van der Waals surface area contributed by atoms with E-state index < -0.39 is 0 Å². The smallest absolute Gasteiger partial charge is 0.119 e. The van der Waals surface area contributed by atoms with Crippen LogP contribution in [-0.4, -0.2) is 18.8 Å². The van der Waals surface area contributed by atoms with Gasteiger partial charge in [0.25, 0.3) is 0 Å². The van der Waals surface area contributed by atoms with E-state index in [0.717, 1.165) is 17.2 Å². The van der Waals surface area contributed by atoms with Crippen molar-refractivity contribution in [1.29, 1.82) is 0 Å². The van der Waals surface area contributed by atoms with Crippen LogP contribution in [0.2, 0.25) is 0 Å². The number of nitrogens with zero attached hydrogens (tertiary/aromatic N) is 1. The maximum atomic E-state index is 5.48. The van der Waals surface area contributed by atoms with E-state index in [0.29, 0.717) is 0 Å². The summed E-state index contributed by atoms with van der Waals surface area (Å²) in [4.78, 5) is 0. The molecule has 5 aromatic rings. The summed E-state index contributed by atoms with van der Waals surface area (Å²) in [5.41, 5.74) is 1.15. The number of fused-ring (bicyclic) bond motifs is 6. The molecule has 0 bridgehead atoms. The van der Waals surface area contributed by atoms with Crippen LogP contribution in [0.4, 0.5) is 0 Å². The summed E-state index contributed by atoms with van der Waals surface area (Å²) >= 11 is 0. The highest BCUT2D eigenvalue weighted by atomic mass is 16.5. The lowest BCUT2D eigenvalue weighted by molar-refractivity contribution is 0.415. The second-order valence-electron chi connectivity index (χ2n) is 6.65. The van der Waals surface area contributed by atoms with E-state index in [4.69, 9.17) is 9.47 Å². The van der Waals surface area contributed by atoms with E-state index in [9.17, 15) is 0 Å². The molecule has 0 unspecified atom stereocenters. The third kappa shape index (κ3) is 2.43. The monoisotopic (exact) mass is 353 g/mol. The molecular weight excluding hydrogens is 334 g/mol. The maximum absolute atomic E-state index is 5.48. The number of para-hydroxylation sites is 1. The first-order chi connectivity index (χ1) is 13.3. The van der Waals surface area contributed by atoms with Crippen molar-refractivity contribution >= 4 is 32.3 Å². The normalized spacial score (nSPS) is 11.3. The summed E-state index contributed by atoms with van der Waals surface area (Å²) in [5.74, 6) is 1.71. The van der Waals surface area contributed by atoms with Gasteiger partial charge < -0.3 is 14.0 Å². The van der Waals surface area contributed by atoms with E-state index in [1.54, 1.807) is 14.2 Å². The minimum atomic E-state index is 0.855. The standard InChI is InChI=1S/C24H19NO2/c1-26-17-8-10-19-21(12-17)22-13-18(27-2)9-11-20(22)24-15-25(14-23(19)24)16-6-4-3-5-7-16/h3-15H,1-2H3. The number of hydrogen-bond acceptors (Lipinski definition) is 2. The highest BCUT2D eigenvalue weighted by Crippen LogP contribution is 2.39. The molecule has 0 fully saturated rings. The Labute approximate surface area is 157 Å². The Bertz CT molecular complexity index is 1210. The number of aromatic nitrogens is 1. The molecule has 27 heavy (non-hydrogen) atoms. The molecule has 3 heteroatoms. The van der Waals surface area contributed by atoms with Crippen LogP contribution in [0, 0.1) is 0 Å². The molecule has 0 aliphatic heterocycles. The van der Waals surface area contributed by atoms with Crippen LogP contribution in [0.1, 0.15) is 0 Å². The molecule has 0 N–H and O–H groups in total. The lowest BCUT2D eigenvalue weighted by atomic mass is 9.96. The number of benzene rings is 4. The fraction of sp³-hybridized carbons (Fsp3) is 0.0833. The Morgan fingerprint density at radius 3 is 1.56 bits per heavy atom. The zero-order valence-electron chi connectivity index (χ0n) is 15.3. The van der Waals surface area contributed by atoms with Gasteiger partial charge in [0.2, 0.25) is 0 Å². The second-order valence-corrected chi connectivity index (χ2v) is 6.65. The highest BCUT2D eigenvalue weighted by Gasteiger charge is 2.13. The Balaban J connectivity index is 1.94. The van der Waals surface area contributed by atoms with Crippen LogP contribution in [0.3, 0.4) is 0 Å². The largest absolute Gasteiger partial charge is 0.497 e. The number of methoxy groups -OCH3 is 2. The van der Waals surface area contributed by atoms with E-state index in [1.165, 1.54) is 32.3 Å². The van der Waals surface area contributed by atoms with Crippen molar-refractivity contribution in [2.24, 2.45) is 0 Å². The van der Waals surface area contributed by atoms with Crippen LogP contribution < -0.4 is 9.47 Å². The van der Waals surface area contributed by atoms with Gasteiger partial charge in [0.1, 0.15) is 11.5 Å². The van der Waals surface area contributed by atoms with Gasteiger partial charge in [0, 0.05) is 28.9 Å². The Kier molecular flexibility index (Phi) is 3.54. The van der Waals surface area contributed by atoms with Gasteiger partial charge in [0.15, 0.2) is 0 Å². The molecule has 4 aromatic carbocycles. The number of rotatable bonds is 3. The second kappa shape index (κ2) is 6.06. The third-order valence-corrected chi connectivity index (χ3v) is 5.20. The first-order valence-corrected chi connectivity index (χ1v) is 8.93. The fourth-order valence-corrected chi connectivity index (χ4v) is 3.85. The zero-order valence-corrected chi connectivity index (χ0v) is 15.3. The maximum Gasteiger partial charge on any atom is 0.119 e. The molecule has 1 heterocycles. The Morgan fingerprint density at radius 1 is 0.556 bits per heavy atom. The minimum absolute atomic E-state index is 0.855. The zero-order chi connectivity index (χ0) is 18.4. The lowest BCUT2D eigenvalue weighted by Crippen LogP contribution is -1.87. The summed E-state index contributed by atoms with van der Waals surface area (Å²) in [6.45, 7) is 0. The van der Waals surface area contributed by atoms with Crippen molar-refractivity contribution in [2.45, 2.75) is 0 Å². The van der Waals surface area contributed by atoms with E-state index in [1.807, 2.05) is 18.2 Å². The average molecular weight is 353 g/mol. The summed E-state index contributed by atoms with van der Waals surface area (Å²) in [6, 6.07) is 22.9. The van der Waals surface area contributed by atoms with Gasteiger partial charge in [0.05, 0.1) is 14.2 Å². The lowest BCUT2D eigenvalue weighted by Gasteiger charge is -2.10. The van der Waals surface area contributed by atoms with Crippen molar-refractivity contribution in [1.82, 2.24) is 4.57 Å². The van der Waals surface area contributed by atoms with Crippen LogP contribution in [-0.2, 0) is 0 Å². The van der Waals surface area contributed by atoms with Crippen LogP contribution >= 0.6 is 0 Å². The van der Waals surface area contributed by atoms with E-state index >= 15 is 0 Å². The van der Waals surface area contributed by atoms with Gasteiger partial charge >= 0.3 is 0 Å². The molecular formula is C24H19NO2. The summed E-state index contributed by atoms with van der Waals surface area (Å²) in [7, 11) is 3.41. The predicted octanol–water partition coefficient (Wildman–Crippen LogP) is 5.95. The molecule has 0 spiro atoms. The molecule has 0 radical (unpaired) electrons. The van der Waals surface area contributed by atoms with E-state index in [2.05, 4.69) is 65.5 Å². The molecule has 132 valence electrons. The van der Waals surface area contributed by atoms with Crippen molar-refractivity contribution in [3.05, 3.63) is 79.1 Å². The molecule has 3 nitrogen and oxygen atoms in total. The molecule has 0 saturated heterocycles. The quantitative estimate of drug-likeness (QED) is 0.374. The van der Waals surface area contributed by atoms with Gasteiger partial charge in [-0.3, -0.25) is 0 Å². The van der Waals surface area contributed by atoms with Crippen molar-refractivity contribution in [2.75, 3.05) is 14.2 Å². The first kappa shape index (κ1) is 15.8. The van der Waals surface area contributed by atoms with Crippen LogP contribution in [0.15, 0.2) is 79.1 Å². The predicted molar refractivity (Wildman–Crippen MR) is 111 cm³/mol. The van der Waals surface area contributed by atoms with Gasteiger partial charge in [-0.05, 0) is 70.1 Å². The highest BCUT2D eigenvalue weighted by molar-refractivity contribution is 6.25. The van der Waals surface area contributed by atoms with Gasteiger partial charge in [-0.25, -0.2) is 0 Å². The Hall–Kier alpha value is -3.46. The molecule has 0 amide bonds. The molecule has 5 rings (SSSR count). The summed E-state index contributed by atoms with van der Waals surface area (Å²) < 4.78 is 13.1.